The number of aromatic nitrogens is 2. The molecule has 2 aromatic rings. The van der Waals surface area contributed by atoms with Crippen molar-refractivity contribution in [2.75, 3.05) is 5.32 Å². The van der Waals surface area contributed by atoms with Gasteiger partial charge in [0, 0.05) is 13.1 Å². The van der Waals surface area contributed by atoms with Crippen molar-refractivity contribution < 1.29 is 14.6 Å². The van der Waals surface area contributed by atoms with Crippen molar-refractivity contribution >= 4 is 11.9 Å². The molecule has 1 aromatic heterocycles. The van der Waals surface area contributed by atoms with Crippen molar-refractivity contribution in [2.24, 2.45) is 7.05 Å². The molecule has 0 aliphatic carbocycles. The third-order valence-corrected chi connectivity index (χ3v) is 2.32. The van der Waals surface area contributed by atoms with E-state index in [-0.39, 0.29) is 0 Å². The molecule has 2 N–H and O–H groups in total. The highest BCUT2D eigenvalue weighted by Gasteiger charge is 2.08. The molecule has 0 fully saturated rings. The zero-order valence-corrected chi connectivity index (χ0v) is 9.83. The maximum absolute atomic E-state index is 10.5. The van der Waals surface area contributed by atoms with Crippen LogP contribution < -0.4 is 10.1 Å². The number of nitrogens with zero attached hydrogens (tertiary/aromatic N) is 2. The van der Waals surface area contributed by atoms with Gasteiger partial charge in [-0.1, -0.05) is 30.3 Å². The van der Waals surface area contributed by atoms with Crippen molar-refractivity contribution in [3.05, 3.63) is 42.0 Å². The van der Waals surface area contributed by atoms with Crippen LogP contribution in [-0.4, -0.2) is 21.0 Å². The smallest absolute Gasteiger partial charge is 0.410 e. The molecule has 0 saturated carbocycles. The highest BCUT2D eigenvalue weighted by Crippen LogP contribution is 2.16. The largest absolute Gasteiger partial charge is 0.472 e. The monoisotopic (exact) mass is 247 g/mol. The molecular formula is C12H13N3O3. The van der Waals surface area contributed by atoms with Crippen LogP contribution in [0.15, 0.2) is 36.4 Å². The number of amides is 1. The lowest BCUT2D eigenvalue weighted by Gasteiger charge is -2.01. The van der Waals surface area contributed by atoms with E-state index in [9.17, 15) is 4.79 Å². The second-order valence-corrected chi connectivity index (χ2v) is 3.70. The lowest BCUT2D eigenvalue weighted by Crippen LogP contribution is -2.10. The summed E-state index contributed by atoms with van der Waals surface area (Å²) < 4.78 is 6.88. The van der Waals surface area contributed by atoms with Crippen LogP contribution in [0.25, 0.3) is 0 Å². The lowest BCUT2D eigenvalue weighted by molar-refractivity contribution is 0.209. The molecule has 0 aliphatic rings. The molecule has 0 radical (unpaired) electrons. The third-order valence-electron chi connectivity index (χ3n) is 2.32. The van der Waals surface area contributed by atoms with E-state index in [0.29, 0.717) is 18.3 Å². The second-order valence-electron chi connectivity index (χ2n) is 3.70. The Hall–Kier alpha value is -2.50. The molecule has 0 unspecified atom stereocenters. The number of carboxylic acid groups (broad SMARTS) is 1. The van der Waals surface area contributed by atoms with Gasteiger partial charge in [0.25, 0.3) is 0 Å². The van der Waals surface area contributed by atoms with Gasteiger partial charge in [0.2, 0.25) is 5.88 Å². The molecule has 6 nitrogen and oxygen atoms in total. The molecule has 94 valence electrons. The fourth-order valence-electron chi connectivity index (χ4n) is 1.47. The van der Waals surface area contributed by atoms with Crippen LogP contribution >= 0.6 is 0 Å². The highest BCUT2D eigenvalue weighted by molar-refractivity contribution is 5.81. The number of anilines is 1. The molecule has 2 rings (SSSR count). The second kappa shape index (κ2) is 5.22. The first-order chi connectivity index (χ1) is 8.65. The maximum Gasteiger partial charge on any atom is 0.410 e. The Kier molecular flexibility index (Phi) is 3.47. The van der Waals surface area contributed by atoms with E-state index in [1.165, 1.54) is 10.7 Å². The molecule has 0 bridgehead atoms. The topological polar surface area (TPSA) is 76.4 Å². The molecule has 6 heteroatoms. The minimum absolute atomic E-state index is 0.366. The van der Waals surface area contributed by atoms with Gasteiger partial charge in [-0.2, -0.15) is 0 Å². The molecule has 0 spiro atoms. The summed E-state index contributed by atoms with van der Waals surface area (Å²) in [6, 6.07) is 11.2. The normalized spacial score (nSPS) is 10.1. The maximum atomic E-state index is 10.5. The molecule has 1 heterocycles. The van der Waals surface area contributed by atoms with Gasteiger partial charge in [-0.15, -0.1) is 5.10 Å². The molecular weight excluding hydrogens is 234 g/mol. The summed E-state index contributed by atoms with van der Waals surface area (Å²) in [7, 11) is 1.64. The fourth-order valence-corrected chi connectivity index (χ4v) is 1.47. The standard InChI is InChI=1S/C12H13N3O3/c1-15-10(13-12(16)17)7-11(14-15)18-8-9-5-3-2-4-6-9/h2-7,13H,8H2,1H3,(H,16,17). The van der Waals surface area contributed by atoms with Gasteiger partial charge in [-0.25, -0.2) is 9.48 Å². The van der Waals surface area contributed by atoms with Crippen LogP contribution in [0, 0.1) is 0 Å². The Labute approximate surface area is 104 Å². The van der Waals surface area contributed by atoms with Crippen LogP contribution in [0.2, 0.25) is 0 Å². The minimum Gasteiger partial charge on any atom is -0.472 e. The van der Waals surface area contributed by atoms with E-state index < -0.39 is 6.09 Å². The van der Waals surface area contributed by atoms with Crippen LogP contribution in [0.1, 0.15) is 5.56 Å². The number of nitrogens with one attached hydrogen (secondary N) is 1. The number of ether oxygens (including phenoxy) is 1. The molecule has 0 saturated heterocycles. The Morgan fingerprint density at radius 1 is 1.44 bits per heavy atom. The van der Waals surface area contributed by atoms with Crippen molar-refractivity contribution in [2.45, 2.75) is 6.61 Å². The first-order valence-corrected chi connectivity index (χ1v) is 5.36. The van der Waals surface area contributed by atoms with Gasteiger partial charge in [-0.05, 0) is 5.56 Å². The average molecular weight is 247 g/mol. The molecule has 1 aromatic carbocycles. The average Bonchev–Trinajstić information content (AvgIpc) is 2.68. The fraction of sp³-hybridized carbons (Fsp3) is 0.167. The van der Waals surface area contributed by atoms with Crippen molar-refractivity contribution in [1.29, 1.82) is 0 Å². The summed E-state index contributed by atoms with van der Waals surface area (Å²) in [6.07, 6.45) is -1.13. The van der Waals surface area contributed by atoms with Gasteiger partial charge in [0.05, 0.1) is 0 Å². The van der Waals surface area contributed by atoms with E-state index in [0.717, 1.165) is 5.56 Å². The van der Waals surface area contributed by atoms with Crippen molar-refractivity contribution in [3.8, 4) is 5.88 Å². The summed E-state index contributed by atoms with van der Waals surface area (Å²) in [5.74, 6) is 0.746. The number of benzene rings is 1. The Morgan fingerprint density at radius 2 is 2.17 bits per heavy atom. The quantitative estimate of drug-likeness (QED) is 0.867. The molecule has 1 amide bonds. The summed E-state index contributed by atoms with van der Waals surface area (Å²) in [5.41, 5.74) is 1.02. The number of rotatable bonds is 4. The van der Waals surface area contributed by atoms with Crippen molar-refractivity contribution in [1.82, 2.24) is 9.78 Å². The third kappa shape index (κ3) is 3.00. The molecule has 0 aliphatic heterocycles. The summed E-state index contributed by atoms with van der Waals surface area (Å²) in [4.78, 5) is 10.5. The Balaban J connectivity index is 2.00. The summed E-state index contributed by atoms with van der Waals surface area (Å²) >= 11 is 0. The van der Waals surface area contributed by atoms with Crippen LogP contribution in [0.5, 0.6) is 5.88 Å². The first-order valence-electron chi connectivity index (χ1n) is 5.36. The predicted octanol–water partition coefficient (Wildman–Crippen LogP) is 2.09. The number of carbonyl (C=O) groups is 1. The van der Waals surface area contributed by atoms with Gasteiger partial charge in [0.1, 0.15) is 12.4 Å². The van der Waals surface area contributed by atoms with Gasteiger partial charge >= 0.3 is 6.09 Å². The Bertz CT molecular complexity index is 537. The number of hydrogen-bond acceptors (Lipinski definition) is 3. The van der Waals surface area contributed by atoms with Gasteiger partial charge in [0.15, 0.2) is 0 Å². The number of aryl methyl sites for hydroxylation is 1. The van der Waals surface area contributed by atoms with Crippen LogP contribution in [0.4, 0.5) is 10.6 Å². The van der Waals surface area contributed by atoms with E-state index in [1.54, 1.807) is 7.05 Å². The minimum atomic E-state index is -1.13. The number of hydrogen-bond donors (Lipinski definition) is 2. The predicted molar refractivity (Wildman–Crippen MR) is 65.6 cm³/mol. The van der Waals surface area contributed by atoms with E-state index >= 15 is 0 Å². The first kappa shape index (κ1) is 12.0. The Morgan fingerprint density at radius 3 is 2.83 bits per heavy atom. The van der Waals surface area contributed by atoms with E-state index in [2.05, 4.69) is 10.4 Å². The highest BCUT2D eigenvalue weighted by atomic mass is 16.5. The van der Waals surface area contributed by atoms with Crippen LogP contribution in [0.3, 0.4) is 0 Å². The molecule has 18 heavy (non-hydrogen) atoms. The summed E-state index contributed by atoms with van der Waals surface area (Å²) in [6.45, 7) is 0.393. The lowest BCUT2D eigenvalue weighted by atomic mass is 10.2. The SMILES string of the molecule is Cn1nc(OCc2ccccc2)cc1NC(=O)O. The zero-order valence-electron chi connectivity index (χ0n) is 9.83. The van der Waals surface area contributed by atoms with Gasteiger partial charge < -0.3 is 9.84 Å². The van der Waals surface area contributed by atoms with E-state index in [1.807, 2.05) is 30.3 Å². The summed E-state index contributed by atoms with van der Waals surface area (Å²) in [5, 5.41) is 14.9. The van der Waals surface area contributed by atoms with Crippen LogP contribution in [-0.2, 0) is 13.7 Å². The van der Waals surface area contributed by atoms with Gasteiger partial charge in [-0.3, -0.25) is 5.32 Å². The zero-order chi connectivity index (χ0) is 13.0. The van der Waals surface area contributed by atoms with E-state index in [4.69, 9.17) is 9.84 Å². The van der Waals surface area contributed by atoms with Crippen molar-refractivity contribution in [3.63, 3.8) is 0 Å². The molecule has 0 atom stereocenters.